The first-order chi connectivity index (χ1) is 70.5. The second kappa shape index (κ2) is 52.0. The number of hydrogen-bond acceptors (Lipinski definition) is 23. The van der Waals surface area contributed by atoms with Crippen LogP contribution in [0.15, 0.2) is 267 Å². The fourth-order valence-electron chi connectivity index (χ4n) is 17.8. The Hall–Kier alpha value is -15.7. The van der Waals surface area contributed by atoms with Crippen molar-refractivity contribution in [2.45, 2.75) is 188 Å². The second-order valence-electron chi connectivity index (χ2n) is 36.9. The molecule has 16 rings (SSSR count). The molecule has 4 aromatic heterocycles. The lowest BCUT2D eigenvalue weighted by atomic mass is 10.0. The van der Waals surface area contributed by atoms with Crippen LogP contribution in [0.1, 0.15) is 193 Å². The standard InChI is InChI=1S/C30H34N2O5.C30H33NO6.C30H33NO5.C29H32N2O5/c1-3-4-8-20-13-28(34)26(29(35)14-20)18-32-17-22(25-16-23(31-2)11-12-27(25)32)15-24(33)19-37-30(36)21-9-6-5-7-10-21;1-3-4-8-20-13-28(33)26(29(34)14-20)18-31-17-22(25-16-24(36-2)11-12-27(25)31)15-23(32)19-37-30(35)21-9-6-5-7-10-21;1-3-4-8-21-14-28(33)26(29(34)15-21)18-31-17-23(25-13-20(2)11-12-27(25)31)16-24(32)19-36-30(35)22-9-6-5-7-10-22;1-2-3-7-19-12-27(33)25(28(34)13-19)17-31-16-21(24-15-22(30)10-11-26(24)31)14-23(32)18-36-29(35)20-8-5-4-6-9-20/h5-7,9-14,16-17,24,31,33-35H,3-4,8,15,18-19H2,1-2H3;5-7,9-14,16-17,23,32-34H,3-4,8,15,18-19H2,1-2H3;5-7,9-15,17,24,32-34H,3-4,8,16,18-19H2,1-2H3;4-6,8-13,15-16,23,32-34H,2-3,7,14,17-18,30H2,1H3/t24-;23-;24-;23-/m0000/s1. The fourth-order valence-corrected chi connectivity index (χ4v) is 17.8. The number of fused-ring (bicyclic) bond motifs is 4. The molecule has 16 aromatic rings. The lowest BCUT2D eigenvalue weighted by molar-refractivity contribution is 0.0256. The second-order valence-corrected chi connectivity index (χ2v) is 36.9. The van der Waals surface area contributed by atoms with E-state index in [2.05, 4.69) is 39.1 Å². The fraction of sp³-hybridized carbons (Fsp3) is 0.294. The predicted octanol–water partition coefficient (Wildman–Crippen LogP) is 20.8. The summed E-state index contributed by atoms with van der Waals surface area (Å²) >= 11 is 0. The van der Waals surface area contributed by atoms with Crippen molar-refractivity contribution in [1.29, 1.82) is 0 Å². The minimum Gasteiger partial charge on any atom is -0.507 e. The van der Waals surface area contributed by atoms with E-state index < -0.39 is 48.3 Å². The number of carbonyl (C=O) groups is 4. The number of nitrogen functional groups attached to an aromatic ring is 1. The number of esters is 4. The van der Waals surface area contributed by atoms with Gasteiger partial charge in [0.15, 0.2) is 0 Å². The number of nitrogens with two attached hydrogens (primary N) is 1. The van der Waals surface area contributed by atoms with E-state index in [1.54, 1.807) is 159 Å². The molecule has 146 heavy (non-hydrogen) atoms. The van der Waals surface area contributed by atoms with E-state index in [4.69, 9.17) is 29.4 Å². The average Bonchev–Trinajstić information content (AvgIpc) is 1.56. The van der Waals surface area contributed by atoms with Crippen LogP contribution in [0, 0.1) is 6.92 Å². The number of ether oxygens (including phenoxy) is 5. The number of carbonyl (C=O) groups excluding carboxylic acids is 4. The number of aryl methyl sites for hydroxylation is 5. The molecule has 27 nitrogen and oxygen atoms in total. The Morgan fingerprint density at radius 3 is 0.849 bits per heavy atom. The molecule has 0 unspecified atom stereocenters. The van der Waals surface area contributed by atoms with Crippen molar-refractivity contribution < 1.29 is 104 Å². The van der Waals surface area contributed by atoms with Crippen molar-refractivity contribution in [2.24, 2.45) is 0 Å². The van der Waals surface area contributed by atoms with Crippen LogP contribution in [-0.4, -0.2) is 168 Å². The minimum atomic E-state index is -0.919. The predicted molar refractivity (Wildman–Crippen MR) is 569 cm³/mol. The van der Waals surface area contributed by atoms with Crippen molar-refractivity contribution >= 4 is 78.9 Å². The molecule has 15 N–H and O–H groups in total. The van der Waals surface area contributed by atoms with Gasteiger partial charge in [0.2, 0.25) is 0 Å². The van der Waals surface area contributed by atoms with Gasteiger partial charge in [-0.25, -0.2) is 19.2 Å². The average molecular weight is 1980 g/mol. The van der Waals surface area contributed by atoms with Gasteiger partial charge in [0.25, 0.3) is 0 Å². The molecule has 764 valence electrons. The zero-order chi connectivity index (χ0) is 104. The van der Waals surface area contributed by atoms with Gasteiger partial charge in [0.05, 0.1) is 102 Å². The van der Waals surface area contributed by atoms with E-state index in [0.29, 0.717) is 62.4 Å². The van der Waals surface area contributed by atoms with Crippen molar-refractivity contribution in [2.75, 3.05) is 51.6 Å². The van der Waals surface area contributed by atoms with Gasteiger partial charge in [-0.05, 0) is 267 Å². The number of aliphatic hydroxyl groups excluding tert-OH is 4. The molecule has 0 saturated carbocycles. The summed E-state index contributed by atoms with van der Waals surface area (Å²) in [5.74, 6) is -0.784. The number of unbranched alkanes of at least 4 members (excludes halogenated alkanes) is 4. The summed E-state index contributed by atoms with van der Waals surface area (Å²) in [6, 6.07) is 71.5. The number of rotatable bonds is 42. The summed E-state index contributed by atoms with van der Waals surface area (Å²) in [5, 5.41) is 135. The van der Waals surface area contributed by atoms with Gasteiger partial charge >= 0.3 is 23.9 Å². The zero-order valence-corrected chi connectivity index (χ0v) is 83.6. The number of nitrogens with one attached hydrogen (secondary N) is 1. The molecule has 0 saturated heterocycles. The number of hydrogen-bond donors (Lipinski definition) is 14. The minimum absolute atomic E-state index is 0.0489. The van der Waals surface area contributed by atoms with Crippen molar-refractivity contribution in [1.82, 2.24) is 18.3 Å². The molecule has 0 aliphatic heterocycles. The number of phenolic OH excluding ortho intramolecular Hbond substituents is 8. The third kappa shape index (κ3) is 28.9. The van der Waals surface area contributed by atoms with Crippen molar-refractivity contribution in [3.63, 3.8) is 0 Å². The summed E-state index contributed by atoms with van der Waals surface area (Å²) in [4.78, 5) is 48.9. The highest BCUT2D eigenvalue weighted by Gasteiger charge is 2.26. The Morgan fingerprint density at radius 1 is 0.322 bits per heavy atom. The van der Waals surface area contributed by atoms with E-state index >= 15 is 0 Å². The molecule has 0 aliphatic rings. The van der Waals surface area contributed by atoms with Gasteiger partial charge in [-0.15, -0.1) is 0 Å². The van der Waals surface area contributed by atoms with Gasteiger partial charge in [0, 0.05) is 113 Å². The highest BCUT2D eigenvalue weighted by atomic mass is 16.6. The molecule has 27 heteroatoms. The molecule has 0 bridgehead atoms. The van der Waals surface area contributed by atoms with Crippen LogP contribution in [0.5, 0.6) is 51.7 Å². The largest absolute Gasteiger partial charge is 0.507 e. The molecule has 0 spiro atoms. The Morgan fingerprint density at radius 2 is 0.575 bits per heavy atom. The smallest absolute Gasteiger partial charge is 0.338 e. The van der Waals surface area contributed by atoms with Gasteiger partial charge in [-0.3, -0.25) is 0 Å². The van der Waals surface area contributed by atoms with Gasteiger partial charge in [-0.2, -0.15) is 0 Å². The first kappa shape index (κ1) is 108. The van der Waals surface area contributed by atoms with Crippen LogP contribution in [-0.2, 0) is 96.5 Å². The summed E-state index contributed by atoms with van der Waals surface area (Å²) in [5.41, 5.74) is 22.7. The topological polar surface area (TPSA) is 415 Å². The third-order valence-corrected chi connectivity index (χ3v) is 25.7. The number of benzene rings is 12. The van der Waals surface area contributed by atoms with Crippen molar-refractivity contribution in [3.05, 3.63) is 362 Å². The lowest BCUT2D eigenvalue weighted by Gasteiger charge is -2.12. The quantitative estimate of drug-likeness (QED) is 0.00960. The van der Waals surface area contributed by atoms with Crippen LogP contribution in [0.2, 0.25) is 0 Å². The Kier molecular flexibility index (Phi) is 38.3. The summed E-state index contributed by atoms with van der Waals surface area (Å²) in [6.45, 7) is 10.9. The maximum Gasteiger partial charge on any atom is 0.338 e. The number of aromatic nitrogens is 4. The molecular formula is C119H132N6O21. The Bertz CT molecular complexity index is 6580. The zero-order valence-electron chi connectivity index (χ0n) is 83.6. The van der Waals surface area contributed by atoms with Crippen LogP contribution in [0.3, 0.4) is 0 Å². The lowest BCUT2D eigenvalue weighted by Crippen LogP contribution is -2.21. The third-order valence-electron chi connectivity index (χ3n) is 25.7. The van der Waals surface area contributed by atoms with Crippen LogP contribution in [0.25, 0.3) is 43.6 Å². The summed E-state index contributed by atoms with van der Waals surface area (Å²) < 4.78 is 34.4. The SMILES string of the molecule is CCCCc1cc(O)c(Cn2cc(C[C@H](O)COC(=O)c3ccccc3)c3cc(C)ccc32)c(O)c1.CCCCc1cc(O)c(Cn2cc(C[C@H](O)COC(=O)c3ccccc3)c3cc(N)ccc32)c(O)c1.CCCCc1cc(O)c(Cn2cc(C[C@H](O)COC(=O)c3ccccc3)c3cc(NC)ccc32)c(O)c1.CCCCc1cc(O)c(Cn2cc(C[C@H](O)COC(=O)c3ccccc3)c3cc(OC)ccc32)c(O)c1. The number of nitrogens with zero attached hydrogens (tertiary/aromatic N) is 4. The van der Waals surface area contributed by atoms with E-state index in [9.17, 15) is 80.5 Å². The molecule has 0 aliphatic carbocycles. The number of anilines is 2. The van der Waals surface area contributed by atoms with Gasteiger partial charge in [0.1, 0.15) is 78.2 Å². The van der Waals surface area contributed by atoms with E-state index in [1.165, 1.54) is 0 Å². The maximum atomic E-state index is 12.3. The van der Waals surface area contributed by atoms with E-state index in [-0.39, 0.29) is 118 Å². The van der Waals surface area contributed by atoms with Gasteiger partial charge < -0.3 is 114 Å². The summed E-state index contributed by atoms with van der Waals surface area (Å²) in [6.07, 6.45) is 16.3. The molecule has 0 radical (unpaired) electrons. The Balaban J connectivity index is 0.000000163. The first-order valence-corrected chi connectivity index (χ1v) is 49.7. The van der Waals surface area contributed by atoms with Crippen LogP contribution < -0.4 is 15.8 Å². The van der Waals surface area contributed by atoms with E-state index in [1.807, 2.05) is 142 Å². The highest BCUT2D eigenvalue weighted by Crippen LogP contribution is 2.40. The molecule has 0 amide bonds. The van der Waals surface area contributed by atoms with Crippen LogP contribution >= 0.6 is 0 Å². The number of aromatic hydroxyl groups is 8. The Labute approximate surface area is 849 Å². The molecule has 4 atom stereocenters. The monoisotopic (exact) mass is 1980 g/mol. The van der Waals surface area contributed by atoms with E-state index in [0.717, 1.165) is 176 Å². The number of phenols is 8. The molecular weight excluding hydrogens is 1850 g/mol. The normalized spacial score (nSPS) is 12.0. The molecule has 4 heterocycles. The van der Waals surface area contributed by atoms with Gasteiger partial charge in [-0.1, -0.05) is 138 Å². The maximum absolute atomic E-state index is 12.3. The molecule has 0 fully saturated rings. The highest BCUT2D eigenvalue weighted by molar-refractivity contribution is 5.93. The molecule has 12 aromatic carbocycles. The number of aliphatic hydroxyl groups is 4. The first-order valence-electron chi connectivity index (χ1n) is 49.7. The number of methoxy groups -OCH3 is 1. The summed E-state index contributed by atoms with van der Waals surface area (Å²) in [7, 11) is 3.43. The van der Waals surface area contributed by atoms with Crippen LogP contribution in [0.4, 0.5) is 11.4 Å². The van der Waals surface area contributed by atoms with Crippen molar-refractivity contribution in [3.8, 4) is 51.7 Å².